The molecule has 1 aromatic rings. The van der Waals surface area contributed by atoms with Gasteiger partial charge in [0.25, 0.3) is 0 Å². The van der Waals surface area contributed by atoms with Crippen molar-refractivity contribution in [2.45, 2.75) is 25.2 Å². The average molecular weight is 302 g/mol. The van der Waals surface area contributed by atoms with E-state index in [0.29, 0.717) is 25.3 Å². The first-order chi connectivity index (χ1) is 9.90. The lowest BCUT2D eigenvalue weighted by atomic mass is 10.1. The smallest absolute Gasteiger partial charge is 0.383 e. The molecule has 1 atom stereocenters. The summed E-state index contributed by atoms with van der Waals surface area (Å²) >= 11 is 0. The number of alkyl halides is 3. The molecule has 0 aliphatic carbocycles. The highest BCUT2D eigenvalue weighted by molar-refractivity contribution is 5.75. The zero-order chi connectivity index (χ0) is 15.5. The second-order valence-corrected chi connectivity index (χ2v) is 5.01. The van der Waals surface area contributed by atoms with E-state index in [2.05, 4.69) is 5.32 Å². The minimum Gasteiger partial charge on any atom is -0.383 e. The molecule has 2 amide bonds. The van der Waals surface area contributed by atoms with Gasteiger partial charge in [0, 0.05) is 20.2 Å². The minimum atomic E-state index is -4.34. The predicted molar refractivity (Wildman–Crippen MR) is 70.7 cm³/mol. The van der Waals surface area contributed by atoms with E-state index in [-0.39, 0.29) is 12.1 Å². The lowest BCUT2D eigenvalue weighted by Crippen LogP contribution is -2.52. The lowest BCUT2D eigenvalue weighted by molar-refractivity contribution is -0.137. The molecule has 1 heterocycles. The van der Waals surface area contributed by atoms with Crippen LogP contribution in [0.2, 0.25) is 0 Å². The topological polar surface area (TPSA) is 41.6 Å². The van der Waals surface area contributed by atoms with Crippen molar-refractivity contribution in [3.05, 3.63) is 35.4 Å². The summed E-state index contributed by atoms with van der Waals surface area (Å²) in [6.07, 6.45) is -3.59. The lowest BCUT2D eigenvalue weighted by Gasteiger charge is -2.32. The molecule has 21 heavy (non-hydrogen) atoms. The van der Waals surface area contributed by atoms with Gasteiger partial charge in [0.05, 0.1) is 18.2 Å². The van der Waals surface area contributed by atoms with Crippen LogP contribution in [0.1, 0.15) is 17.5 Å². The maximum atomic E-state index is 12.5. The van der Waals surface area contributed by atoms with Gasteiger partial charge in [-0.3, -0.25) is 0 Å². The summed E-state index contributed by atoms with van der Waals surface area (Å²) in [5.74, 6) is 0. The Morgan fingerprint density at radius 3 is 2.52 bits per heavy atom. The van der Waals surface area contributed by atoms with Gasteiger partial charge in [0.15, 0.2) is 0 Å². The van der Waals surface area contributed by atoms with Crippen molar-refractivity contribution in [1.29, 1.82) is 0 Å². The van der Waals surface area contributed by atoms with Crippen LogP contribution in [-0.2, 0) is 17.5 Å². The van der Waals surface area contributed by atoms with Crippen molar-refractivity contribution >= 4 is 6.03 Å². The number of nitrogens with one attached hydrogen (secondary N) is 1. The molecular weight excluding hydrogens is 285 g/mol. The van der Waals surface area contributed by atoms with Crippen molar-refractivity contribution in [2.24, 2.45) is 0 Å². The molecule has 2 rings (SSSR count). The van der Waals surface area contributed by atoms with Crippen LogP contribution < -0.4 is 5.32 Å². The monoisotopic (exact) mass is 302 g/mol. The summed E-state index contributed by atoms with van der Waals surface area (Å²) in [7, 11) is 1.57. The number of nitrogens with zero attached hydrogens (tertiary/aromatic N) is 1. The standard InChI is InChI=1S/C14H17F3N2O2/c1-21-9-12-6-7-19(13(20)18-12)8-10-2-4-11(5-3-10)14(15,16)17/h2-5,12H,6-9H2,1H3,(H,18,20)/t12-/m0/s1. The number of ether oxygens (including phenoxy) is 1. The molecule has 7 heteroatoms. The highest BCUT2D eigenvalue weighted by Crippen LogP contribution is 2.29. The molecule has 1 N–H and O–H groups in total. The van der Waals surface area contributed by atoms with E-state index >= 15 is 0 Å². The summed E-state index contributed by atoms with van der Waals surface area (Å²) in [4.78, 5) is 13.5. The third-order valence-corrected chi connectivity index (χ3v) is 3.38. The first-order valence-corrected chi connectivity index (χ1v) is 6.60. The summed E-state index contributed by atoms with van der Waals surface area (Å²) < 4.78 is 42.4. The fraction of sp³-hybridized carbons (Fsp3) is 0.500. The largest absolute Gasteiger partial charge is 0.416 e. The number of methoxy groups -OCH3 is 1. The maximum absolute atomic E-state index is 12.5. The first kappa shape index (κ1) is 15.6. The van der Waals surface area contributed by atoms with E-state index in [4.69, 9.17) is 4.74 Å². The molecule has 1 fully saturated rings. The van der Waals surface area contributed by atoms with E-state index < -0.39 is 11.7 Å². The van der Waals surface area contributed by atoms with Gasteiger partial charge in [-0.15, -0.1) is 0 Å². The molecule has 0 spiro atoms. The summed E-state index contributed by atoms with van der Waals surface area (Å²) in [5, 5.41) is 2.81. The van der Waals surface area contributed by atoms with Gasteiger partial charge in [0.1, 0.15) is 0 Å². The Labute approximate surface area is 120 Å². The van der Waals surface area contributed by atoms with Gasteiger partial charge in [0.2, 0.25) is 0 Å². The number of hydrogen-bond acceptors (Lipinski definition) is 2. The van der Waals surface area contributed by atoms with E-state index in [9.17, 15) is 18.0 Å². The van der Waals surface area contributed by atoms with Crippen LogP contribution in [0.15, 0.2) is 24.3 Å². The molecule has 0 aromatic heterocycles. The normalized spacial score (nSPS) is 19.5. The Balaban J connectivity index is 1.95. The fourth-order valence-electron chi connectivity index (χ4n) is 2.25. The Morgan fingerprint density at radius 1 is 1.33 bits per heavy atom. The van der Waals surface area contributed by atoms with Crippen LogP contribution in [0.5, 0.6) is 0 Å². The molecule has 1 saturated heterocycles. The first-order valence-electron chi connectivity index (χ1n) is 6.60. The second-order valence-electron chi connectivity index (χ2n) is 5.01. The minimum absolute atomic E-state index is 0.00800. The summed E-state index contributed by atoms with van der Waals surface area (Å²) in [6, 6.07) is 4.64. The summed E-state index contributed by atoms with van der Waals surface area (Å²) in [6.45, 7) is 1.31. The zero-order valence-electron chi connectivity index (χ0n) is 11.6. The van der Waals surface area contributed by atoms with Gasteiger partial charge in [-0.1, -0.05) is 12.1 Å². The van der Waals surface area contributed by atoms with E-state index in [1.54, 1.807) is 12.0 Å². The molecule has 1 aliphatic heterocycles. The van der Waals surface area contributed by atoms with Gasteiger partial charge in [-0.25, -0.2) is 4.79 Å². The number of halogens is 3. The Hall–Kier alpha value is -1.76. The number of carbonyl (C=O) groups excluding carboxylic acids is 1. The van der Waals surface area contributed by atoms with Gasteiger partial charge >= 0.3 is 12.2 Å². The number of carbonyl (C=O) groups is 1. The molecule has 1 aliphatic rings. The molecular formula is C14H17F3N2O2. The van der Waals surface area contributed by atoms with Crippen LogP contribution in [0.25, 0.3) is 0 Å². The van der Waals surface area contributed by atoms with E-state index in [0.717, 1.165) is 18.6 Å². The zero-order valence-corrected chi connectivity index (χ0v) is 11.6. The van der Waals surface area contributed by atoms with Crippen LogP contribution in [0.4, 0.5) is 18.0 Å². The highest BCUT2D eigenvalue weighted by atomic mass is 19.4. The van der Waals surface area contributed by atoms with Crippen molar-refractivity contribution in [2.75, 3.05) is 20.3 Å². The van der Waals surface area contributed by atoms with Crippen molar-refractivity contribution in [3.63, 3.8) is 0 Å². The van der Waals surface area contributed by atoms with Gasteiger partial charge in [-0.2, -0.15) is 13.2 Å². The van der Waals surface area contributed by atoms with Crippen molar-refractivity contribution in [1.82, 2.24) is 10.2 Å². The molecule has 0 unspecified atom stereocenters. The number of benzene rings is 1. The maximum Gasteiger partial charge on any atom is 0.416 e. The van der Waals surface area contributed by atoms with E-state index in [1.165, 1.54) is 12.1 Å². The third-order valence-electron chi connectivity index (χ3n) is 3.38. The Kier molecular flexibility index (Phi) is 4.72. The Morgan fingerprint density at radius 2 is 2.00 bits per heavy atom. The average Bonchev–Trinajstić information content (AvgIpc) is 2.42. The predicted octanol–water partition coefficient (Wildman–Crippen LogP) is 2.64. The number of amides is 2. The molecule has 4 nitrogen and oxygen atoms in total. The number of hydrogen-bond donors (Lipinski definition) is 1. The van der Waals surface area contributed by atoms with Crippen LogP contribution >= 0.6 is 0 Å². The molecule has 1 aromatic carbocycles. The molecule has 116 valence electrons. The highest BCUT2D eigenvalue weighted by Gasteiger charge is 2.30. The number of rotatable bonds is 4. The van der Waals surface area contributed by atoms with Crippen LogP contribution in [0.3, 0.4) is 0 Å². The van der Waals surface area contributed by atoms with Crippen molar-refractivity contribution < 1.29 is 22.7 Å². The third kappa shape index (κ3) is 4.10. The SMILES string of the molecule is COC[C@@H]1CCN(Cc2ccc(C(F)(F)F)cc2)C(=O)N1. The molecule has 0 radical (unpaired) electrons. The number of urea groups is 1. The quantitative estimate of drug-likeness (QED) is 0.929. The molecule has 0 saturated carbocycles. The Bertz CT molecular complexity index is 488. The van der Waals surface area contributed by atoms with Crippen LogP contribution in [0, 0.1) is 0 Å². The summed E-state index contributed by atoms with van der Waals surface area (Å²) in [5.41, 5.74) is -0.0159. The second kappa shape index (κ2) is 6.34. The van der Waals surface area contributed by atoms with Gasteiger partial charge in [-0.05, 0) is 24.1 Å². The van der Waals surface area contributed by atoms with E-state index in [1.807, 2.05) is 0 Å². The van der Waals surface area contributed by atoms with Gasteiger partial charge < -0.3 is 15.0 Å². The van der Waals surface area contributed by atoms with Crippen LogP contribution in [-0.4, -0.2) is 37.2 Å². The molecule has 0 bridgehead atoms. The fourth-order valence-corrected chi connectivity index (χ4v) is 2.25. The van der Waals surface area contributed by atoms with Crippen molar-refractivity contribution in [3.8, 4) is 0 Å².